The minimum absolute atomic E-state index is 0.725. The van der Waals surface area contributed by atoms with Crippen LogP contribution in [0.4, 0.5) is 0 Å². The van der Waals surface area contributed by atoms with E-state index in [1.54, 1.807) is 89.9 Å². The van der Waals surface area contributed by atoms with E-state index in [9.17, 15) is 0 Å². The van der Waals surface area contributed by atoms with Gasteiger partial charge >= 0.3 is 0 Å². The molecule has 0 amide bonds. The van der Waals surface area contributed by atoms with E-state index in [-0.39, 0.29) is 0 Å². The third-order valence-electron chi connectivity index (χ3n) is 10.1. The summed E-state index contributed by atoms with van der Waals surface area (Å²) in [6, 6.07) is 0. The lowest BCUT2D eigenvalue weighted by molar-refractivity contribution is -0.112. The zero-order valence-corrected chi connectivity index (χ0v) is 18.5. The summed E-state index contributed by atoms with van der Waals surface area (Å²) in [4.78, 5) is 0. The smallest absolute Gasteiger partial charge is 0.0184 e. The maximum absolute atomic E-state index is 2.80. The second-order valence-electron chi connectivity index (χ2n) is 11.2. The first-order valence-corrected chi connectivity index (χ1v) is 13.3. The summed E-state index contributed by atoms with van der Waals surface area (Å²) in [5.41, 5.74) is 0.725. The van der Waals surface area contributed by atoms with E-state index in [0.717, 1.165) is 35.0 Å². The molecule has 0 aliphatic heterocycles. The van der Waals surface area contributed by atoms with Gasteiger partial charge in [-0.1, -0.05) is 96.8 Å². The molecule has 1 atom stereocenters. The molecule has 0 nitrogen and oxygen atoms in total. The van der Waals surface area contributed by atoms with Gasteiger partial charge in [0.2, 0.25) is 0 Å². The van der Waals surface area contributed by atoms with Gasteiger partial charge in [-0.3, -0.25) is 0 Å². The molecule has 0 heteroatoms. The maximum atomic E-state index is 2.80. The normalized spacial score (nSPS) is 29.7. The molecule has 4 rings (SSSR count). The van der Waals surface area contributed by atoms with Crippen LogP contribution in [0.3, 0.4) is 0 Å². The van der Waals surface area contributed by atoms with Crippen LogP contribution in [0.25, 0.3) is 0 Å². The molecule has 0 spiro atoms. The first-order valence-electron chi connectivity index (χ1n) is 13.3. The maximum Gasteiger partial charge on any atom is -0.0184 e. The third kappa shape index (κ3) is 4.16. The zero-order chi connectivity index (χ0) is 18.5. The molecule has 0 saturated heterocycles. The number of rotatable bonds is 5. The monoisotopic (exact) mass is 372 g/mol. The van der Waals surface area contributed by atoms with Gasteiger partial charge in [0.1, 0.15) is 0 Å². The van der Waals surface area contributed by atoms with E-state index in [2.05, 4.69) is 6.92 Å². The second-order valence-corrected chi connectivity index (χ2v) is 11.2. The van der Waals surface area contributed by atoms with Gasteiger partial charge in [0.25, 0.3) is 0 Å². The molecule has 27 heavy (non-hydrogen) atoms. The summed E-state index contributed by atoms with van der Waals surface area (Å²) in [5, 5.41) is 0. The first kappa shape index (κ1) is 20.3. The summed E-state index contributed by atoms with van der Waals surface area (Å²) < 4.78 is 0. The average molecular weight is 373 g/mol. The molecule has 0 aromatic heterocycles. The van der Waals surface area contributed by atoms with Crippen molar-refractivity contribution in [2.75, 3.05) is 0 Å². The topological polar surface area (TPSA) is 0 Å². The van der Waals surface area contributed by atoms with Crippen LogP contribution < -0.4 is 0 Å². The van der Waals surface area contributed by atoms with Gasteiger partial charge in [-0.2, -0.15) is 0 Å². The average Bonchev–Trinajstić information content (AvgIpc) is 2.77. The van der Waals surface area contributed by atoms with Crippen LogP contribution in [0, 0.1) is 35.0 Å². The highest BCUT2D eigenvalue weighted by Crippen LogP contribution is 2.62. The minimum Gasteiger partial charge on any atom is -0.0617 e. The van der Waals surface area contributed by atoms with Crippen LogP contribution in [-0.4, -0.2) is 0 Å². The molecule has 0 heterocycles. The standard InChI is InChI=1S/C27H48/c1-22(23-14-6-2-7-15-23)27(24-16-8-3-9-17-24,25-18-10-4-11-19-25)26-20-12-5-13-21-26/h22-26H,2-21H2,1H3. The lowest BCUT2D eigenvalue weighted by atomic mass is 9.45. The van der Waals surface area contributed by atoms with Crippen LogP contribution in [0.1, 0.15) is 135 Å². The molecule has 4 fully saturated rings. The minimum atomic E-state index is 0.725. The van der Waals surface area contributed by atoms with Crippen molar-refractivity contribution in [2.24, 2.45) is 35.0 Å². The van der Waals surface area contributed by atoms with Crippen molar-refractivity contribution >= 4 is 0 Å². The summed E-state index contributed by atoms with van der Waals surface area (Å²) >= 11 is 0. The molecule has 0 aromatic rings. The second kappa shape index (κ2) is 9.67. The van der Waals surface area contributed by atoms with Gasteiger partial charge in [-0.05, 0) is 73.5 Å². The quantitative estimate of drug-likeness (QED) is 0.452. The van der Waals surface area contributed by atoms with Crippen LogP contribution >= 0.6 is 0 Å². The SMILES string of the molecule is CC(C1CCCCC1)C(C1CCCCC1)(C1CCCCC1)C1CCCCC1. The molecule has 4 saturated carbocycles. The molecule has 0 N–H and O–H groups in total. The molecule has 1 unspecified atom stereocenters. The third-order valence-corrected chi connectivity index (χ3v) is 10.1. The predicted octanol–water partition coefficient (Wildman–Crippen LogP) is 8.93. The van der Waals surface area contributed by atoms with Crippen molar-refractivity contribution in [1.82, 2.24) is 0 Å². The largest absolute Gasteiger partial charge is 0.0617 e. The molecule has 0 bridgehead atoms. The van der Waals surface area contributed by atoms with Crippen LogP contribution in [0.15, 0.2) is 0 Å². The summed E-state index contributed by atoms with van der Waals surface area (Å²) in [7, 11) is 0. The fourth-order valence-electron chi connectivity index (χ4n) is 8.97. The van der Waals surface area contributed by atoms with Gasteiger partial charge in [-0.15, -0.1) is 0 Å². The Balaban J connectivity index is 1.70. The molecule has 0 aromatic carbocycles. The number of hydrogen-bond acceptors (Lipinski definition) is 0. The Morgan fingerprint density at radius 2 is 0.741 bits per heavy atom. The molecular formula is C27H48. The summed E-state index contributed by atoms with van der Waals surface area (Å²) in [5.74, 6) is 5.30. The fraction of sp³-hybridized carbons (Fsp3) is 1.00. The molecular weight excluding hydrogens is 324 g/mol. The Labute approximate surface area is 170 Å². The molecule has 4 aliphatic rings. The fourth-order valence-corrected chi connectivity index (χ4v) is 8.97. The Morgan fingerprint density at radius 3 is 1.07 bits per heavy atom. The lowest BCUT2D eigenvalue weighted by Gasteiger charge is -2.60. The number of hydrogen-bond donors (Lipinski definition) is 0. The predicted molar refractivity (Wildman–Crippen MR) is 118 cm³/mol. The Hall–Kier alpha value is 0. The van der Waals surface area contributed by atoms with E-state index in [1.165, 1.54) is 38.5 Å². The molecule has 4 aliphatic carbocycles. The van der Waals surface area contributed by atoms with Crippen LogP contribution in [0.5, 0.6) is 0 Å². The zero-order valence-electron chi connectivity index (χ0n) is 18.5. The van der Waals surface area contributed by atoms with Gasteiger partial charge in [-0.25, -0.2) is 0 Å². The van der Waals surface area contributed by atoms with Gasteiger partial charge in [0.15, 0.2) is 0 Å². The van der Waals surface area contributed by atoms with Crippen molar-refractivity contribution < 1.29 is 0 Å². The van der Waals surface area contributed by atoms with E-state index >= 15 is 0 Å². The van der Waals surface area contributed by atoms with Crippen molar-refractivity contribution in [2.45, 2.75) is 135 Å². The van der Waals surface area contributed by atoms with E-state index in [1.807, 2.05) is 0 Å². The van der Waals surface area contributed by atoms with E-state index in [4.69, 9.17) is 0 Å². The highest BCUT2D eigenvalue weighted by atomic mass is 14.6. The van der Waals surface area contributed by atoms with Crippen LogP contribution in [0.2, 0.25) is 0 Å². The van der Waals surface area contributed by atoms with Crippen molar-refractivity contribution in [1.29, 1.82) is 0 Å². The lowest BCUT2D eigenvalue weighted by Crippen LogP contribution is -2.53. The van der Waals surface area contributed by atoms with E-state index in [0.29, 0.717) is 0 Å². The van der Waals surface area contributed by atoms with Crippen molar-refractivity contribution in [3.8, 4) is 0 Å². The van der Waals surface area contributed by atoms with Crippen molar-refractivity contribution in [3.63, 3.8) is 0 Å². The summed E-state index contributed by atoms with van der Waals surface area (Å²) in [6.07, 6.45) is 31.1. The van der Waals surface area contributed by atoms with Gasteiger partial charge in [0, 0.05) is 0 Å². The van der Waals surface area contributed by atoms with Crippen molar-refractivity contribution in [3.05, 3.63) is 0 Å². The van der Waals surface area contributed by atoms with Crippen LogP contribution in [-0.2, 0) is 0 Å². The van der Waals surface area contributed by atoms with Gasteiger partial charge in [0.05, 0.1) is 0 Å². The highest BCUT2D eigenvalue weighted by molar-refractivity contribution is 5.03. The Bertz CT molecular complexity index is 368. The molecule has 156 valence electrons. The highest BCUT2D eigenvalue weighted by Gasteiger charge is 2.54. The summed E-state index contributed by atoms with van der Waals surface area (Å²) in [6.45, 7) is 2.80. The van der Waals surface area contributed by atoms with Gasteiger partial charge < -0.3 is 0 Å². The molecule has 0 radical (unpaired) electrons. The Kier molecular flexibility index (Phi) is 7.26. The Morgan fingerprint density at radius 1 is 0.444 bits per heavy atom. The van der Waals surface area contributed by atoms with E-state index < -0.39 is 0 Å². The first-order chi connectivity index (χ1) is 13.3.